The SMILES string of the molecule is CC1=Nc2ccccc2/C1=C/c1sc(N2CCCC(C)C2)nc1O. The lowest BCUT2D eigenvalue weighted by atomic mass is 10.0. The maximum atomic E-state index is 10.3. The summed E-state index contributed by atoms with van der Waals surface area (Å²) in [4.78, 5) is 12.1. The lowest BCUT2D eigenvalue weighted by Crippen LogP contribution is -2.34. The fourth-order valence-corrected chi connectivity index (χ4v) is 4.39. The van der Waals surface area contributed by atoms with Crippen LogP contribution in [0.4, 0.5) is 10.8 Å². The van der Waals surface area contributed by atoms with Crippen LogP contribution >= 0.6 is 11.3 Å². The Kier molecular flexibility index (Phi) is 3.88. The van der Waals surface area contributed by atoms with Crippen molar-refractivity contribution < 1.29 is 5.11 Å². The first-order valence-electron chi connectivity index (χ1n) is 8.43. The Morgan fingerprint density at radius 3 is 3.00 bits per heavy atom. The van der Waals surface area contributed by atoms with Crippen molar-refractivity contribution in [3.63, 3.8) is 0 Å². The molecule has 1 aromatic carbocycles. The van der Waals surface area contributed by atoms with Crippen molar-refractivity contribution in [2.24, 2.45) is 10.9 Å². The van der Waals surface area contributed by atoms with E-state index in [9.17, 15) is 5.11 Å². The highest BCUT2D eigenvalue weighted by molar-refractivity contribution is 7.16. The van der Waals surface area contributed by atoms with Crippen molar-refractivity contribution in [2.45, 2.75) is 26.7 Å². The van der Waals surface area contributed by atoms with Crippen LogP contribution in [0.5, 0.6) is 5.88 Å². The number of fused-ring (bicyclic) bond motifs is 1. The predicted molar refractivity (Wildman–Crippen MR) is 101 cm³/mol. The summed E-state index contributed by atoms with van der Waals surface area (Å²) in [6.45, 7) is 6.33. The molecule has 0 bridgehead atoms. The van der Waals surface area contributed by atoms with E-state index in [2.05, 4.69) is 27.9 Å². The number of hydrogen-bond donors (Lipinski definition) is 1. The smallest absolute Gasteiger partial charge is 0.231 e. The Labute approximate surface area is 146 Å². The van der Waals surface area contributed by atoms with E-state index < -0.39 is 0 Å². The van der Waals surface area contributed by atoms with E-state index in [1.54, 1.807) is 11.3 Å². The lowest BCUT2D eigenvalue weighted by Gasteiger charge is -2.30. The second-order valence-electron chi connectivity index (χ2n) is 6.65. The molecule has 1 unspecified atom stereocenters. The predicted octanol–water partition coefficient (Wildman–Crippen LogP) is 4.73. The number of anilines is 1. The first-order valence-corrected chi connectivity index (χ1v) is 9.25. The van der Waals surface area contributed by atoms with Gasteiger partial charge in [0.2, 0.25) is 5.88 Å². The van der Waals surface area contributed by atoms with Gasteiger partial charge in [-0.3, -0.25) is 4.99 Å². The molecule has 1 saturated heterocycles. The fraction of sp³-hybridized carbons (Fsp3) is 0.368. The number of aromatic nitrogens is 1. The van der Waals surface area contributed by atoms with Crippen LogP contribution in [0, 0.1) is 5.92 Å². The molecule has 0 amide bonds. The van der Waals surface area contributed by atoms with Crippen LogP contribution in [-0.4, -0.2) is 28.9 Å². The first kappa shape index (κ1) is 15.4. The molecule has 1 aromatic heterocycles. The van der Waals surface area contributed by atoms with Gasteiger partial charge in [-0.05, 0) is 37.8 Å². The van der Waals surface area contributed by atoms with Gasteiger partial charge in [0.25, 0.3) is 0 Å². The maximum absolute atomic E-state index is 10.3. The second-order valence-corrected chi connectivity index (χ2v) is 7.66. The Morgan fingerprint density at radius 1 is 1.33 bits per heavy atom. The van der Waals surface area contributed by atoms with Gasteiger partial charge in [0.15, 0.2) is 5.13 Å². The molecular formula is C19H21N3OS. The molecule has 2 aromatic rings. The number of benzene rings is 1. The Morgan fingerprint density at radius 2 is 2.17 bits per heavy atom. The molecule has 5 heteroatoms. The largest absolute Gasteiger partial charge is 0.492 e. The summed E-state index contributed by atoms with van der Waals surface area (Å²) in [7, 11) is 0. The van der Waals surface area contributed by atoms with Crippen molar-refractivity contribution in [1.29, 1.82) is 0 Å². The van der Waals surface area contributed by atoms with Crippen LogP contribution in [0.2, 0.25) is 0 Å². The molecule has 1 fully saturated rings. The van der Waals surface area contributed by atoms with Crippen LogP contribution in [-0.2, 0) is 0 Å². The van der Waals surface area contributed by atoms with Gasteiger partial charge in [0, 0.05) is 29.9 Å². The van der Waals surface area contributed by atoms with Crippen LogP contribution in [0.25, 0.3) is 11.6 Å². The molecule has 0 radical (unpaired) electrons. The highest BCUT2D eigenvalue weighted by atomic mass is 32.1. The molecule has 3 heterocycles. The van der Waals surface area contributed by atoms with E-state index in [-0.39, 0.29) is 5.88 Å². The van der Waals surface area contributed by atoms with Gasteiger partial charge in [-0.2, -0.15) is 4.98 Å². The lowest BCUT2D eigenvalue weighted by molar-refractivity contribution is 0.438. The number of rotatable bonds is 2. The topological polar surface area (TPSA) is 48.7 Å². The average Bonchev–Trinajstić information content (AvgIpc) is 3.09. The van der Waals surface area contributed by atoms with Gasteiger partial charge in [-0.25, -0.2) is 0 Å². The molecule has 0 saturated carbocycles. The highest BCUT2D eigenvalue weighted by Crippen LogP contribution is 2.39. The van der Waals surface area contributed by atoms with E-state index in [1.165, 1.54) is 12.8 Å². The molecular weight excluding hydrogens is 318 g/mol. The number of allylic oxidation sites excluding steroid dienone is 1. The normalized spacial score (nSPS) is 21.9. The minimum atomic E-state index is 0.123. The molecule has 4 rings (SSSR count). The van der Waals surface area contributed by atoms with Gasteiger partial charge in [-0.1, -0.05) is 36.5 Å². The van der Waals surface area contributed by atoms with Gasteiger partial charge >= 0.3 is 0 Å². The summed E-state index contributed by atoms with van der Waals surface area (Å²) in [5.41, 5.74) is 4.17. The van der Waals surface area contributed by atoms with Gasteiger partial charge in [0.1, 0.15) is 0 Å². The van der Waals surface area contributed by atoms with Crippen LogP contribution in [0.1, 0.15) is 37.1 Å². The van der Waals surface area contributed by atoms with Crippen molar-refractivity contribution in [1.82, 2.24) is 4.98 Å². The van der Waals surface area contributed by atoms with Crippen molar-refractivity contribution in [3.05, 3.63) is 34.7 Å². The highest BCUT2D eigenvalue weighted by Gasteiger charge is 2.22. The monoisotopic (exact) mass is 339 g/mol. The quantitative estimate of drug-likeness (QED) is 0.860. The standard InChI is InChI=1S/C19H21N3OS/c1-12-6-5-9-22(11-12)19-21-18(23)17(24-19)10-15-13(2)20-16-8-4-3-7-14(15)16/h3-4,7-8,10,12,23H,5-6,9,11H2,1-2H3/b15-10+. The molecule has 124 valence electrons. The molecule has 4 nitrogen and oxygen atoms in total. The maximum Gasteiger partial charge on any atom is 0.231 e. The van der Waals surface area contributed by atoms with E-state index in [1.807, 2.05) is 31.2 Å². The Hall–Kier alpha value is -2.14. The van der Waals surface area contributed by atoms with Crippen LogP contribution in [0.3, 0.4) is 0 Å². The number of aromatic hydroxyl groups is 1. The minimum Gasteiger partial charge on any atom is -0.492 e. The summed E-state index contributed by atoms with van der Waals surface area (Å²) in [5, 5.41) is 11.2. The summed E-state index contributed by atoms with van der Waals surface area (Å²) >= 11 is 1.57. The zero-order valence-electron chi connectivity index (χ0n) is 14.0. The first-order chi connectivity index (χ1) is 11.6. The number of aliphatic imine (C=N–C) groups is 1. The molecule has 1 N–H and O–H groups in total. The van der Waals surface area contributed by atoms with Gasteiger partial charge in [-0.15, -0.1) is 0 Å². The Balaban J connectivity index is 1.67. The zero-order valence-corrected chi connectivity index (χ0v) is 14.8. The van der Waals surface area contributed by atoms with E-state index >= 15 is 0 Å². The summed E-state index contributed by atoms with van der Waals surface area (Å²) in [6, 6.07) is 8.12. The van der Waals surface area contributed by atoms with Crippen molar-refractivity contribution >= 4 is 39.5 Å². The summed E-state index contributed by atoms with van der Waals surface area (Å²) < 4.78 is 0. The molecule has 24 heavy (non-hydrogen) atoms. The summed E-state index contributed by atoms with van der Waals surface area (Å²) in [5.74, 6) is 0.806. The molecule has 0 aliphatic carbocycles. The van der Waals surface area contributed by atoms with E-state index in [4.69, 9.17) is 0 Å². The van der Waals surface area contributed by atoms with E-state index in [0.717, 1.165) is 45.6 Å². The fourth-order valence-electron chi connectivity index (χ4n) is 3.45. The number of para-hydroxylation sites is 1. The number of nitrogens with zero attached hydrogens (tertiary/aromatic N) is 3. The second kappa shape index (κ2) is 6.06. The minimum absolute atomic E-state index is 0.123. The van der Waals surface area contributed by atoms with Crippen molar-refractivity contribution in [2.75, 3.05) is 18.0 Å². The third-order valence-electron chi connectivity index (χ3n) is 4.70. The number of hydrogen-bond acceptors (Lipinski definition) is 5. The van der Waals surface area contributed by atoms with Gasteiger partial charge in [0.05, 0.1) is 10.6 Å². The number of thiazole rings is 1. The van der Waals surface area contributed by atoms with Crippen LogP contribution < -0.4 is 4.90 Å². The molecule has 0 spiro atoms. The molecule has 1 atom stereocenters. The molecule has 2 aliphatic rings. The third-order valence-corrected chi connectivity index (χ3v) is 5.75. The van der Waals surface area contributed by atoms with E-state index in [0.29, 0.717) is 5.92 Å². The summed E-state index contributed by atoms with van der Waals surface area (Å²) in [6.07, 6.45) is 4.49. The average molecular weight is 339 g/mol. The zero-order chi connectivity index (χ0) is 16.7. The third kappa shape index (κ3) is 2.73. The molecule has 2 aliphatic heterocycles. The van der Waals surface area contributed by atoms with Crippen LogP contribution in [0.15, 0.2) is 29.3 Å². The number of piperidine rings is 1. The van der Waals surface area contributed by atoms with Gasteiger partial charge < -0.3 is 10.0 Å². The Bertz CT molecular complexity index is 837. The van der Waals surface area contributed by atoms with Crippen molar-refractivity contribution in [3.8, 4) is 5.88 Å².